The minimum absolute atomic E-state index is 0.0859. The maximum absolute atomic E-state index is 12.5. The number of amides is 1. The number of hydrogen-bond donors (Lipinski definition) is 0. The molecule has 8 heteroatoms. The molecule has 0 spiro atoms. The molecule has 0 radical (unpaired) electrons. The van der Waals surface area contributed by atoms with Crippen LogP contribution in [0, 0.1) is 0 Å². The first-order valence-electron chi connectivity index (χ1n) is 5.56. The van der Waals surface area contributed by atoms with Crippen molar-refractivity contribution in [3.8, 4) is 0 Å². The Hall–Kier alpha value is -1.37. The van der Waals surface area contributed by atoms with Crippen molar-refractivity contribution in [1.82, 2.24) is 4.90 Å². The van der Waals surface area contributed by atoms with E-state index in [0.29, 0.717) is 6.07 Å². The molecular weight excluding hydrogens is 305 g/mol. The van der Waals surface area contributed by atoms with Crippen LogP contribution in [0.25, 0.3) is 0 Å². The Balaban J connectivity index is 3.00. The molecule has 0 N–H and O–H groups in total. The van der Waals surface area contributed by atoms with Crippen LogP contribution in [0.1, 0.15) is 15.9 Å². The second-order valence-electron chi connectivity index (χ2n) is 3.91. The molecule has 2 nitrogen and oxygen atoms in total. The summed E-state index contributed by atoms with van der Waals surface area (Å²) in [5, 5.41) is 0. The molecule has 0 unspecified atom stereocenters. The van der Waals surface area contributed by atoms with Gasteiger partial charge in [-0.05, 0) is 18.2 Å². The topological polar surface area (TPSA) is 20.3 Å². The van der Waals surface area contributed by atoms with Crippen LogP contribution in [-0.2, 0) is 6.18 Å². The van der Waals surface area contributed by atoms with Crippen molar-refractivity contribution in [2.75, 3.05) is 19.0 Å². The van der Waals surface area contributed by atoms with Gasteiger partial charge in [-0.3, -0.25) is 4.79 Å². The van der Waals surface area contributed by atoms with E-state index < -0.39 is 30.6 Å². The van der Waals surface area contributed by atoms with Gasteiger partial charge in [0, 0.05) is 18.0 Å². The fourth-order valence-electron chi connectivity index (χ4n) is 1.56. The summed E-state index contributed by atoms with van der Waals surface area (Å²) in [4.78, 5) is 12.6. The van der Waals surface area contributed by atoms with Gasteiger partial charge in [0.15, 0.2) is 0 Å². The first-order valence-corrected chi connectivity index (χ1v) is 6.09. The Bertz CT molecular complexity index is 463. The molecule has 0 aliphatic carbocycles. The van der Waals surface area contributed by atoms with E-state index in [1.165, 1.54) is 0 Å². The SMILES string of the molecule is O=C(c1cccc(C(F)(F)F)c1)N(CCCl)CC(F)F. The molecule has 0 saturated heterocycles. The van der Waals surface area contributed by atoms with Crippen LogP contribution in [0.2, 0.25) is 0 Å². The zero-order chi connectivity index (χ0) is 15.3. The van der Waals surface area contributed by atoms with Crippen molar-refractivity contribution in [3.63, 3.8) is 0 Å². The molecule has 0 saturated carbocycles. The number of alkyl halides is 6. The average molecular weight is 316 g/mol. The van der Waals surface area contributed by atoms with E-state index in [-0.39, 0.29) is 18.0 Å². The van der Waals surface area contributed by atoms with Gasteiger partial charge in [-0.25, -0.2) is 8.78 Å². The summed E-state index contributed by atoms with van der Waals surface area (Å²) in [6.07, 6.45) is -7.39. The Kier molecular flexibility index (Phi) is 5.74. The summed E-state index contributed by atoms with van der Waals surface area (Å²) in [5.74, 6) is -0.991. The number of rotatable bonds is 5. The number of hydrogen-bond acceptors (Lipinski definition) is 1. The summed E-state index contributed by atoms with van der Waals surface area (Å²) in [6, 6.07) is 3.63. The molecular formula is C12H11ClF5NO. The van der Waals surface area contributed by atoms with E-state index in [1.54, 1.807) is 0 Å². The van der Waals surface area contributed by atoms with E-state index in [4.69, 9.17) is 11.6 Å². The fourth-order valence-corrected chi connectivity index (χ4v) is 1.76. The van der Waals surface area contributed by atoms with Gasteiger partial charge in [0.25, 0.3) is 12.3 Å². The van der Waals surface area contributed by atoms with Crippen LogP contribution in [0.15, 0.2) is 24.3 Å². The number of halogens is 6. The summed E-state index contributed by atoms with van der Waals surface area (Å²) in [6.45, 7) is -1.04. The lowest BCUT2D eigenvalue weighted by Crippen LogP contribution is -2.36. The minimum Gasteiger partial charge on any atom is -0.332 e. The molecule has 20 heavy (non-hydrogen) atoms. The molecule has 0 aliphatic heterocycles. The predicted molar refractivity (Wildman–Crippen MR) is 64.1 cm³/mol. The zero-order valence-electron chi connectivity index (χ0n) is 10.1. The van der Waals surface area contributed by atoms with Crippen molar-refractivity contribution in [3.05, 3.63) is 35.4 Å². The molecule has 0 aromatic heterocycles. The molecule has 1 rings (SSSR count). The predicted octanol–water partition coefficient (Wildman–Crippen LogP) is 3.65. The Morgan fingerprint density at radius 2 is 1.95 bits per heavy atom. The van der Waals surface area contributed by atoms with Gasteiger partial charge in [-0.1, -0.05) is 6.07 Å². The second kappa shape index (κ2) is 6.88. The van der Waals surface area contributed by atoms with Gasteiger partial charge >= 0.3 is 6.18 Å². The summed E-state index contributed by atoms with van der Waals surface area (Å²) < 4.78 is 62.2. The lowest BCUT2D eigenvalue weighted by Gasteiger charge is -2.21. The Morgan fingerprint density at radius 1 is 1.30 bits per heavy atom. The van der Waals surface area contributed by atoms with Gasteiger partial charge in [0.2, 0.25) is 0 Å². The monoisotopic (exact) mass is 315 g/mol. The standard InChI is InChI=1S/C12H11ClF5NO/c13-4-5-19(7-10(14)15)11(20)8-2-1-3-9(6-8)12(16,17)18/h1-3,6,10H,4-5,7H2. The van der Waals surface area contributed by atoms with Crippen LogP contribution in [0.5, 0.6) is 0 Å². The quantitative estimate of drug-likeness (QED) is 0.600. The normalized spacial score (nSPS) is 11.8. The molecule has 0 heterocycles. The maximum atomic E-state index is 12.5. The largest absolute Gasteiger partial charge is 0.416 e. The maximum Gasteiger partial charge on any atom is 0.416 e. The molecule has 1 aromatic rings. The zero-order valence-corrected chi connectivity index (χ0v) is 10.9. The lowest BCUT2D eigenvalue weighted by atomic mass is 10.1. The van der Waals surface area contributed by atoms with E-state index >= 15 is 0 Å². The highest BCUT2D eigenvalue weighted by Gasteiger charge is 2.31. The van der Waals surface area contributed by atoms with Gasteiger partial charge < -0.3 is 4.90 Å². The molecule has 112 valence electrons. The summed E-state index contributed by atoms with van der Waals surface area (Å²) in [5.41, 5.74) is -1.31. The van der Waals surface area contributed by atoms with E-state index in [2.05, 4.69) is 0 Å². The number of carbonyl (C=O) groups excluding carboxylic acids is 1. The van der Waals surface area contributed by atoms with Crippen molar-refractivity contribution in [1.29, 1.82) is 0 Å². The minimum atomic E-state index is -4.60. The highest BCUT2D eigenvalue weighted by molar-refractivity contribution is 6.18. The van der Waals surface area contributed by atoms with Crippen LogP contribution in [0.3, 0.4) is 0 Å². The van der Waals surface area contributed by atoms with Crippen molar-refractivity contribution < 1.29 is 26.7 Å². The van der Waals surface area contributed by atoms with Gasteiger partial charge in [0.05, 0.1) is 12.1 Å². The molecule has 0 aliphatic rings. The van der Waals surface area contributed by atoms with Gasteiger partial charge in [-0.15, -0.1) is 11.6 Å². The molecule has 0 fully saturated rings. The average Bonchev–Trinajstić information content (AvgIpc) is 2.36. The van der Waals surface area contributed by atoms with Crippen LogP contribution < -0.4 is 0 Å². The summed E-state index contributed by atoms with van der Waals surface area (Å²) in [7, 11) is 0. The molecule has 0 atom stereocenters. The smallest absolute Gasteiger partial charge is 0.332 e. The van der Waals surface area contributed by atoms with Gasteiger partial charge in [-0.2, -0.15) is 13.2 Å². The van der Waals surface area contributed by atoms with Crippen LogP contribution in [0.4, 0.5) is 22.0 Å². The third-order valence-electron chi connectivity index (χ3n) is 2.44. The Morgan fingerprint density at radius 3 is 2.45 bits per heavy atom. The summed E-state index contributed by atoms with van der Waals surface area (Å²) >= 11 is 5.40. The van der Waals surface area contributed by atoms with Crippen molar-refractivity contribution in [2.45, 2.75) is 12.6 Å². The first kappa shape index (κ1) is 16.7. The van der Waals surface area contributed by atoms with Crippen molar-refractivity contribution in [2.24, 2.45) is 0 Å². The Labute approximate surface area is 117 Å². The first-order chi connectivity index (χ1) is 9.25. The molecule has 1 aromatic carbocycles. The number of carbonyl (C=O) groups is 1. The van der Waals surface area contributed by atoms with Crippen molar-refractivity contribution >= 4 is 17.5 Å². The number of nitrogens with zero attached hydrogens (tertiary/aromatic N) is 1. The van der Waals surface area contributed by atoms with E-state index in [1.807, 2.05) is 0 Å². The van der Waals surface area contributed by atoms with Gasteiger partial charge in [0.1, 0.15) is 0 Å². The van der Waals surface area contributed by atoms with Crippen LogP contribution in [-0.4, -0.2) is 36.2 Å². The third kappa shape index (κ3) is 4.63. The highest BCUT2D eigenvalue weighted by Crippen LogP contribution is 2.29. The fraction of sp³-hybridized carbons (Fsp3) is 0.417. The van der Waals surface area contributed by atoms with E-state index in [9.17, 15) is 26.7 Å². The van der Waals surface area contributed by atoms with Crippen LogP contribution >= 0.6 is 11.6 Å². The molecule has 0 bridgehead atoms. The highest BCUT2D eigenvalue weighted by atomic mass is 35.5. The molecule has 1 amide bonds. The third-order valence-corrected chi connectivity index (χ3v) is 2.61. The number of benzene rings is 1. The van der Waals surface area contributed by atoms with E-state index in [0.717, 1.165) is 23.1 Å². The second-order valence-corrected chi connectivity index (χ2v) is 4.29. The lowest BCUT2D eigenvalue weighted by molar-refractivity contribution is -0.137.